The highest BCUT2D eigenvalue weighted by Gasteiger charge is 2.21. The van der Waals surface area contributed by atoms with Crippen molar-refractivity contribution in [1.82, 2.24) is 18.7 Å². The molecule has 9 aromatic carbocycles. The molecule has 0 bridgehead atoms. The number of hydrogen-bond donors (Lipinski definition) is 0. The molecule has 13 rings (SSSR count). The molecule has 0 radical (unpaired) electrons. The van der Waals surface area contributed by atoms with Crippen molar-refractivity contribution in [2.24, 2.45) is 0 Å². The lowest BCUT2D eigenvalue weighted by molar-refractivity contribution is 1.17. The summed E-state index contributed by atoms with van der Waals surface area (Å²) in [5.41, 5.74) is 12.8. The summed E-state index contributed by atoms with van der Waals surface area (Å²) in [5, 5.41) is 10.9. The van der Waals surface area contributed by atoms with Crippen LogP contribution in [-0.2, 0) is 0 Å². The maximum atomic E-state index is 5.09. The van der Waals surface area contributed by atoms with Crippen molar-refractivity contribution in [1.29, 1.82) is 0 Å². The molecule has 13 aromatic rings. The van der Waals surface area contributed by atoms with E-state index in [1.165, 1.54) is 69.9 Å². The average molecular weight is 757 g/mol. The largest absolute Gasteiger partial charge is 0.309 e. The Bertz CT molecular complexity index is 3510. The van der Waals surface area contributed by atoms with Gasteiger partial charge >= 0.3 is 0 Å². The van der Waals surface area contributed by atoms with Gasteiger partial charge in [0.15, 0.2) is 0 Å². The minimum absolute atomic E-state index is 1.04. The third-order valence-electron chi connectivity index (χ3n) is 12.1. The maximum Gasteiger partial charge on any atom is 0.125 e. The van der Waals surface area contributed by atoms with Crippen LogP contribution in [0.25, 0.3) is 114 Å². The highest BCUT2D eigenvalue weighted by atomic mass is 32.1. The van der Waals surface area contributed by atoms with Crippen molar-refractivity contribution in [3.05, 3.63) is 194 Å². The van der Waals surface area contributed by atoms with Crippen molar-refractivity contribution in [3.63, 3.8) is 0 Å². The van der Waals surface area contributed by atoms with Crippen molar-refractivity contribution < 1.29 is 0 Å². The van der Waals surface area contributed by atoms with Crippen LogP contribution in [0.5, 0.6) is 0 Å². The first-order chi connectivity index (χ1) is 28.8. The van der Waals surface area contributed by atoms with Crippen LogP contribution in [-0.4, -0.2) is 18.7 Å². The van der Waals surface area contributed by atoms with Crippen LogP contribution in [0.2, 0.25) is 0 Å². The van der Waals surface area contributed by atoms with Gasteiger partial charge in [-0.05, 0) is 90.3 Å². The summed E-state index contributed by atoms with van der Waals surface area (Å²) in [6, 6.07) is 70.8. The summed E-state index contributed by atoms with van der Waals surface area (Å²) in [6.07, 6.45) is 0. The van der Waals surface area contributed by atoms with Crippen LogP contribution >= 0.6 is 11.3 Å². The van der Waals surface area contributed by atoms with E-state index < -0.39 is 0 Å². The van der Waals surface area contributed by atoms with Gasteiger partial charge in [-0.25, -0.2) is 4.98 Å². The van der Waals surface area contributed by atoms with E-state index in [4.69, 9.17) is 4.98 Å². The number of para-hydroxylation sites is 5. The zero-order valence-corrected chi connectivity index (χ0v) is 32.0. The molecule has 0 N–H and O–H groups in total. The van der Waals surface area contributed by atoms with Crippen molar-refractivity contribution in [3.8, 4) is 27.6 Å². The van der Waals surface area contributed by atoms with Gasteiger partial charge in [0.2, 0.25) is 0 Å². The Morgan fingerprint density at radius 3 is 1.28 bits per heavy atom. The van der Waals surface area contributed by atoms with Crippen molar-refractivity contribution in [2.75, 3.05) is 0 Å². The minimum Gasteiger partial charge on any atom is -0.309 e. The van der Waals surface area contributed by atoms with Crippen LogP contribution in [0, 0.1) is 0 Å². The number of hydrogen-bond acceptors (Lipinski definition) is 2. The highest BCUT2D eigenvalue weighted by molar-refractivity contribution is 7.21. The van der Waals surface area contributed by atoms with E-state index in [1.807, 2.05) is 0 Å². The average Bonchev–Trinajstić information content (AvgIpc) is 4.04. The first-order valence-electron chi connectivity index (χ1n) is 19.7. The van der Waals surface area contributed by atoms with E-state index in [9.17, 15) is 0 Å². The van der Waals surface area contributed by atoms with E-state index >= 15 is 0 Å². The third kappa shape index (κ3) is 4.42. The Hall–Kier alpha value is -7.47. The standard InChI is InChI=1S/C53H32N4S/c1-2-14-36-35(13-1)41(53-54-44-19-7-12-24-52(44)58-53)27-30-49(36)57-50-28-25-33(55-45-20-8-3-15-37(45)38-16-4-9-21-46(38)55)31-42(50)43-32-34(26-29-51(43)57)56-47-22-10-5-17-39(47)40-18-6-11-23-48(40)56/h1-32H. The van der Waals surface area contributed by atoms with E-state index in [2.05, 4.69) is 208 Å². The predicted octanol–water partition coefficient (Wildman–Crippen LogP) is 14.4. The summed E-state index contributed by atoms with van der Waals surface area (Å²) >= 11 is 1.75. The number of nitrogens with zero attached hydrogens (tertiary/aromatic N) is 4. The van der Waals surface area contributed by atoms with E-state index in [1.54, 1.807) is 11.3 Å². The van der Waals surface area contributed by atoms with Gasteiger partial charge < -0.3 is 13.7 Å². The van der Waals surface area contributed by atoms with Crippen LogP contribution in [0.1, 0.15) is 0 Å². The molecule has 0 spiro atoms. The summed E-state index contributed by atoms with van der Waals surface area (Å²) in [5.74, 6) is 0. The van der Waals surface area contributed by atoms with Gasteiger partial charge in [-0.3, -0.25) is 0 Å². The lowest BCUT2D eigenvalue weighted by atomic mass is 10.0. The fourth-order valence-corrected chi connectivity index (χ4v) is 10.6. The molecule has 0 aliphatic rings. The van der Waals surface area contributed by atoms with Gasteiger partial charge in [0.05, 0.1) is 49.0 Å². The van der Waals surface area contributed by atoms with E-state index in [0.29, 0.717) is 0 Å². The molecule has 5 heteroatoms. The smallest absolute Gasteiger partial charge is 0.125 e. The first-order valence-corrected chi connectivity index (χ1v) is 20.5. The fraction of sp³-hybridized carbons (Fsp3) is 0. The number of fused-ring (bicyclic) bond motifs is 11. The second-order valence-electron chi connectivity index (χ2n) is 15.1. The van der Waals surface area contributed by atoms with Gasteiger partial charge in [-0.1, -0.05) is 109 Å². The molecular weight excluding hydrogens is 725 g/mol. The molecule has 0 aliphatic heterocycles. The minimum atomic E-state index is 1.04. The molecule has 0 unspecified atom stereocenters. The fourth-order valence-electron chi connectivity index (χ4n) is 9.59. The zero-order chi connectivity index (χ0) is 37.9. The van der Waals surface area contributed by atoms with Gasteiger partial charge in [0.1, 0.15) is 5.01 Å². The molecule has 0 saturated carbocycles. The van der Waals surface area contributed by atoms with Crippen molar-refractivity contribution >= 4 is 97.7 Å². The third-order valence-corrected chi connectivity index (χ3v) is 13.1. The molecule has 0 amide bonds. The molecule has 270 valence electrons. The Morgan fingerprint density at radius 2 is 0.759 bits per heavy atom. The second-order valence-corrected chi connectivity index (χ2v) is 16.2. The second kappa shape index (κ2) is 12.0. The van der Waals surface area contributed by atoms with Crippen LogP contribution < -0.4 is 0 Å². The molecule has 0 fully saturated rings. The van der Waals surface area contributed by atoms with E-state index in [-0.39, 0.29) is 0 Å². The highest BCUT2D eigenvalue weighted by Crippen LogP contribution is 2.42. The Morgan fingerprint density at radius 1 is 0.328 bits per heavy atom. The van der Waals surface area contributed by atoms with Gasteiger partial charge in [-0.15, -0.1) is 11.3 Å². The maximum absolute atomic E-state index is 5.09. The van der Waals surface area contributed by atoms with Crippen LogP contribution in [0.4, 0.5) is 0 Å². The normalized spacial score (nSPS) is 12.1. The lowest BCUT2D eigenvalue weighted by Crippen LogP contribution is -1.98. The summed E-state index contributed by atoms with van der Waals surface area (Å²) < 4.78 is 8.52. The number of thiazole rings is 1. The van der Waals surface area contributed by atoms with Gasteiger partial charge in [0, 0.05) is 54.6 Å². The number of benzene rings is 9. The molecule has 0 aliphatic carbocycles. The number of rotatable bonds is 4. The topological polar surface area (TPSA) is 27.7 Å². The molecule has 4 nitrogen and oxygen atoms in total. The van der Waals surface area contributed by atoms with Crippen molar-refractivity contribution in [2.45, 2.75) is 0 Å². The Kier molecular flexibility index (Phi) is 6.57. The molecule has 4 aromatic heterocycles. The summed E-state index contributed by atoms with van der Waals surface area (Å²) in [7, 11) is 0. The van der Waals surface area contributed by atoms with Gasteiger partial charge in [-0.2, -0.15) is 0 Å². The Balaban J connectivity index is 1.11. The van der Waals surface area contributed by atoms with Crippen LogP contribution in [0.3, 0.4) is 0 Å². The lowest BCUT2D eigenvalue weighted by Gasteiger charge is -2.14. The summed E-state index contributed by atoms with van der Waals surface area (Å²) in [4.78, 5) is 5.09. The molecule has 58 heavy (non-hydrogen) atoms. The number of aromatic nitrogens is 4. The molecular formula is C53H32N4S. The van der Waals surface area contributed by atoms with Gasteiger partial charge in [0.25, 0.3) is 0 Å². The van der Waals surface area contributed by atoms with Crippen LogP contribution in [0.15, 0.2) is 194 Å². The SMILES string of the molecule is c1ccc2sc(-c3ccc(-n4c5ccc(-n6c7ccccc7c7ccccc76)cc5c5cc(-n6c7ccccc7c7ccccc76)ccc54)c4ccccc34)nc2c1. The monoisotopic (exact) mass is 756 g/mol. The predicted molar refractivity (Wildman–Crippen MR) is 246 cm³/mol. The first kappa shape index (κ1) is 31.7. The Labute approximate surface area is 336 Å². The molecule has 4 heterocycles. The van der Waals surface area contributed by atoms with E-state index in [0.717, 1.165) is 44.2 Å². The quantitative estimate of drug-likeness (QED) is 0.176. The molecule has 0 atom stereocenters. The molecule has 0 saturated heterocycles. The summed E-state index contributed by atoms with van der Waals surface area (Å²) in [6.45, 7) is 0. The zero-order valence-electron chi connectivity index (χ0n) is 31.2.